The topological polar surface area (TPSA) is 217 Å². The number of nitrogens with zero attached hydrogens (tertiary/aromatic N) is 3. The van der Waals surface area contributed by atoms with Gasteiger partial charge in [-0.25, -0.2) is 14.6 Å². The Morgan fingerprint density at radius 1 is 0.885 bits per heavy atom. The summed E-state index contributed by atoms with van der Waals surface area (Å²) >= 11 is 1.22. The zero-order chi connectivity index (χ0) is 38.4. The summed E-state index contributed by atoms with van der Waals surface area (Å²) in [6.45, 7) is 9.98. The van der Waals surface area contributed by atoms with Crippen LogP contribution in [-0.2, 0) is 0 Å². The molecule has 0 aliphatic rings. The average Bonchev–Trinajstić information content (AvgIpc) is 3.60. The van der Waals surface area contributed by atoms with E-state index in [-0.39, 0.29) is 41.5 Å². The number of hydrogen-bond acceptors (Lipinski definition) is 9. The maximum Gasteiger partial charge on any atom is 0.410 e. The van der Waals surface area contributed by atoms with E-state index in [0.29, 0.717) is 21.6 Å². The second-order valence-corrected chi connectivity index (χ2v) is 14.7. The van der Waals surface area contributed by atoms with Crippen LogP contribution in [0.3, 0.4) is 0 Å². The van der Waals surface area contributed by atoms with Crippen LogP contribution in [0.1, 0.15) is 67.1 Å². The summed E-state index contributed by atoms with van der Waals surface area (Å²) in [5.41, 5.74) is -0.326. The quantitative estimate of drug-likeness (QED) is 0.0669. The van der Waals surface area contributed by atoms with Crippen LogP contribution < -0.4 is 21.3 Å². The molecule has 52 heavy (non-hydrogen) atoms. The Balaban J connectivity index is 1.65. The zero-order valence-electron chi connectivity index (χ0n) is 29.6. The lowest BCUT2D eigenvalue weighted by molar-refractivity contribution is -0.0840. The molecule has 0 radical (unpaired) electrons. The number of aromatic nitrogens is 1. The Hall–Kier alpha value is -5.98. The highest BCUT2D eigenvalue weighted by Crippen LogP contribution is 2.37. The molecular weight excluding hydrogens is 687 g/mol. The molecule has 14 nitrogen and oxygen atoms in total. The Kier molecular flexibility index (Phi) is 11.6. The molecule has 4 aromatic rings. The Labute approximate surface area is 305 Å². The van der Waals surface area contributed by atoms with E-state index in [1.54, 1.807) is 108 Å². The third-order valence-corrected chi connectivity index (χ3v) is 8.95. The fraction of sp³-hybridized carbons (Fsp3) is 0.297. The number of hydrogen-bond donors (Lipinski definition) is 7. The molecule has 0 aliphatic heterocycles. The van der Waals surface area contributed by atoms with Gasteiger partial charge in [-0.05, 0) is 68.1 Å². The Bertz CT molecular complexity index is 2010. The molecule has 4 amide bonds. The maximum atomic E-state index is 13.4. The molecule has 0 saturated carbocycles. The van der Waals surface area contributed by atoms with E-state index in [1.807, 2.05) is 0 Å². The Morgan fingerprint density at radius 3 is 2.17 bits per heavy atom. The molecule has 272 valence electrons. The summed E-state index contributed by atoms with van der Waals surface area (Å²) in [6.07, 6.45) is -2.79. The number of phenolic OH excluding ortho intramolecular Hbond substituents is 1. The average molecular weight is 728 g/mol. The van der Waals surface area contributed by atoms with E-state index in [9.17, 15) is 39.8 Å². The van der Waals surface area contributed by atoms with Gasteiger partial charge in [0.1, 0.15) is 17.4 Å². The highest BCUT2D eigenvalue weighted by molar-refractivity contribution is 7.12. The van der Waals surface area contributed by atoms with Crippen LogP contribution in [0.4, 0.5) is 15.4 Å². The molecule has 1 atom stereocenters. The predicted molar refractivity (Wildman–Crippen MR) is 197 cm³/mol. The smallest absolute Gasteiger partial charge is 0.410 e. The van der Waals surface area contributed by atoms with Gasteiger partial charge in [-0.3, -0.25) is 25.1 Å². The molecular formula is C37H41N7O7S. The van der Waals surface area contributed by atoms with Crippen molar-refractivity contribution in [2.24, 2.45) is 5.41 Å². The number of carbonyl (C=O) groups is 4. The van der Waals surface area contributed by atoms with Crippen LogP contribution in [0.5, 0.6) is 5.75 Å². The number of benzene rings is 2. The lowest BCUT2D eigenvalue weighted by Crippen LogP contribution is -2.79. The summed E-state index contributed by atoms with van der Waals surface area (Å²) in [6, 6.07) is 20.0. The zero-order valence-corrected chi connectivity index (χ0v) is 30.4. The van der Waals surface area contributed by atoms with Gasteiger partial charge in [0.2, 0.25) is 0 Å². The van der Waals surface area contributed by atoms with E-state index in [4.69, 9.17) is 0 Å². The first-order chi connectivity index (χ1) is 24.4. The number of carboxylic acid groups (broad SMARTS) is 2. The second kappa shape index (κ2) is 15.5. The van der Waals surface area contributed by atoms with E-state index >= 15 is 0 Å². The number of para-hydroxylation sites is 1. The third-order valence-electron chi connectivity index (χ3n) is 8.09. The van der Waals surface area contributed by atoms with Crippen molar-refractivity contribution in [2.45, 2.75) is 52.9 Å². The van der Waals surface area contributed by atoms with Gasteiger partial charge in [-0.1, -0.05) is 51.1 Å². The first kappa shape index (κ1) is 38.8. The summed E-state index contributed by atoms with van der Waals surface area (Å²) in [7, 11) is 0. The van der Waals surface area contributed by atoms with Crippen molar-refractivity contribution in [1.29, 1.82) is 5.26 Å². The molecule has 0 bridgehead atoms. The summed E-state index contributed by atoms with van der Waals surface area (Å²) in [5.74, 6) is -2.85. The Morgan fingerprint density at radius 2 is 1.60 bits per heavy atom. The van der Waals surface area contributed by atoms with E-state index in [2.05, 4.69) is 32.3 Å². The summed E-state index contributed by atoms with van der Waals surface area (Å²) < 4.78 is 0. The number of carbonyl (C=O) groups excluding carboxylic acids is 2. The highest BCUT2D eigenvalue weighted by Gasteiger charge is 2.54. The fourth-order valence-corrected chi connectivity index (χ4v) is 6.41. The molecule has 4 rings (SSSR count). The molecule has 2 heterocycles. The van der Waals surface area contributed by atoms with Crippen molar-refractivity contribution in [3.05, 3.63) is 88.1 Å². The van der Waals surface area contributed by atoms with E-state index in [1.165, 1.54) is 17.4 Å². The number of thiophene rings is 1. The number of nitriles is 1. The van der Waals surface area contributed by atoms with Crippen LogP contribution in [0, 0.1) is 16.7 Å². The van der Waals surface area contributed by atoms with Crippen LogP contribution in [0.25, 0.3) is 22.4 Å². The highest BCUT2D eigenvalue weighted by atomic mass is 32.1. The van der Waals surface area contributed by atoms with Crippen LogP contribution in [0.2, 0.25) is 0 Å². The third kappa shape index (κ3) is 8.48. The van der Waals surface area contributed by atoms with Gasteiger partial charge in [0.25, 0.3) is 11.8 Å². The SMILES string of the molecule is CC(C)(C)N(C(=O)O)C(NCCNC(=O)c1cccc(-c2cc(-c3ccccc3O)nc(NC(=O)c3cccs3)c2C#N)c1)(NC(=O)O)C(C)(C)C. The summed E-state index contributed by atoms with van der Waals surface area (Å²) in [5, 5.41) is 53.5. The molecule has 15 heteroatoms. The van der Waals surface area contributed by atoms with Crippen molar-refractivity contribution < 1.29 is 34.5 Å². The van der Waals surface area contributed by atoms with Crippen molar-refractivity contribution >= 4 is 41.2 Å². The van der Waals surface area contributed by atoms with Crippen molar-refractivity contribution in [3.63, 3.8) is 0 Å². The van der Waals surface area contributed by atoms with Gasteiger partial charge < -0.3 is 26.0 Å². The van der Waals surface area contributed by atoms with Gasteiger partial charge in [-0.15, -0.1) is 11.3 Å². The van der Waals surface area contributed by atoms with Gasteiger partial charge in [0.15, 0.2) is 11.6 Å². The molecule has 0 spiro atoms. The van der Waals surface area contributed by atoms with E-state index in [0.717, 1.165) is 4.90 Å². The van der Waals surface area contributed by atoms with Gasteiger partial charge in [-0.2, -0.15) is 5.26 Å². The molecule has 0 saturated heterocycles. The molecule has 2 aromatic heterocycles. The summed E-state index contributed by atoms with van der Waals surface area (Å²) in [4.78, 5) is 56.9. The minimum Gasteiger partial charge on any atom is -0.507 e. The van der Waals surface area contributed by atoms with Crippen LogP contribution in [-0.4, -0.2) is 73.6 Å². The monoisotopic (exact) mass is 727 g/mol. The van der Waals surface area contributed by atoms with Crippen molar-refractivity contribution in [3.8, 4) is 34.2 Å². The number of amides is 4. The lowest BCUT2D eigenvalue weighted by atomic mass is 9.83. The number of rotatable bonds is 11. The van der Waals surface area contributed by atoms with Gasteiger partial charge >= 0.3 is 12.2 Å². The number of anilines is 1. The molecule has 1 unspecified atom stereocenters. The lowest BCUT2D eigenvalue weighted by Gasteiger charge is -2.55. The normalized spacial score (nSPS) is 12.6. The maximum absolute atomic E-state index is 13.4. The van der Waals surface area contributed by atoms with E-state index < -0.39 is 40.7 Å². The molecule has 7 N–H and O–H groups in total. The van der Waals surface area contributed by atoms with Gasteiger partial charge in [0.05, 0.1) is 10.6 Å². The molecule has 0 aliphatic carbocycles. The standard InChI is InChI=1S/C37H41N7O7S/c1-35(2,3)37(43-33(48)49,44(34(50)51)36(4,5)6)40-17-16-39-31(46)23-12-9-11-22(19-23)25-20-27(24-13-7-8-14-28(24)45)41-30(26(25)21-38)42-32(47)29-15-10-18-52-29/h7-15,18-20,40,43,45H,16-17H2,1-6H3,(H,39,46)(H,48,49)(H,50,51)(H,41,42,47). The predicted octanol–water partition coefficient (Wildman–Crippen LogP) is 6.37. The largest absolute Gasteiger partial charge is 0.507 e. The number of pyridine rings is 1. The minimum absolute atomic E-state index is 0.0190. The fourth-order valence-electron chi connectivity index (χ4n) is 5.79. The van der Waals surface area contributed by atoms with Gasteiger partial charge in [0, 0.05) is 40.7 Å². The molecule has 2 aromatic carbocycles. The number of aromatic hydroxyl groups is 1. The number of phenols is 1. The minimum atomic E-state index is -1.79. The first-order valence-corrected chi connectivity index (χ1v) is 17.0. The first-order valence-electron chi connectivity index (χ1n) is 16.2. The van der Waals surface area contributed by atoms with Crippen LogP contribution in [0.15, 0.2) is 72.1 Å². The van der Waals surface area contributed by atoms with Crippen LogP contribution >= 0.6 is 11.3 Å². The second-order valence-electron chi connectivity index (χ2n) is 13.8. The van der Waals surface area contributed by atoms with Crippen molar-refractivity contribution in [2.75, 3.05) is 18.4 Å². The number of nitrogens with one attached hydrogen (secondary N) is 4. The van der Waals surface area contributed by atoms with Crippen molar-refractivity contribution in [1.82, 2.24) is 25.8 Å². The molecule has 0 fully saturated rings.